The van der Waals surface area contributed by atoms with Crippen LogP contribution in [0.5, 0.6) is 0 Å². The molecule has 2 amide bonds. The molecule has 3 rings (SSSR count). The van der Waals surface area contributed by atoms with Gasteiger partial charge in [-0.25, -0.2) is 4.68 Å². The van der Waals surface area contributed by atoms with Gasteiger partial charge in [-0.05, 0) is 35.9 Å². The van der Waals surface area contributed by atoms with Crippen LogP contribution >= 0.6 is 0 Å². The maximum atomic E-state index is 12.5. The normalized spacial score (nSPS) is 10.3. The zero-order valence-corrected chi connectivity index (χ0v) is 12.8. The average Bonchev–Trinajstić information content (AvgIpc) is 3.11. The average molecular weight is 320 g/mol. The van der Waals surface area contributed by atoms with Gasteiger partial charge in [0.15, 0.2) is 0 Å². The van der Waals surface area contributed by atoms with E-state index in [9.17, 15) is 9.59 Å². The molecule has 24 heavy (non-hydrogen) atoms. The molecule has 3 N–H and O–H groups in total. The lowest BCUT2D eigenvalue weighted by Crippen LogP contribution is -2.17. The maximum absolute atomic E-state index is 12.5. The van der Waals surface area contributed by atoms with Gasteiger partial charge in [0.05, 0.1) is 12.1 Å². The Hall–Kier alpha value is -3.41. The van der Waals surface area contributed by atoms with Gasteiger partial charge in [0.1, 0.15) is 0 Å². The number of carbonyl (C=O) groups is 2. The van der Waals surface area contributed by atoms with Gasteiger partial charge in [-0.15, -0.1) is 0 Å². The summed E-state index contributed by atoms with van der Waals surface area (Å²) in [6.07, 6.45) is 3.55. The lowest BCUT2D eigenvalue weighted by molar-refractivity contribution is -0.117. The van der Waals surface area contributed by atoms with Crippen LogP contribution in [0.25, 0.3) is 5.69 Å². The predicted molar refractivity (Wildman–Crippen MR) is 90.9 cm³/mol. The fourth-order valence-electron chi connectivity index (χ4n) is 2.39. The van der Waals surface area contributed by atoms with Crippen molar-refractivity contribution in [3.63, 3.8) is 0 Å². The van der Waals surface area contributed by atoms with Gasteiger partial charge in [-0.2, -0.15) is 5.10 Å². The van der Waals surface area contributed by atoms with Gasteiger partial charge in [-0.3, -0.25) is 9.59 Å². The van der Waals surface area contributed by atoms with Crippen molar-refractivity contribution in [2.45, 2.75) is 6.42 Å². The number of aromatic nitrogens is 2. The van der Waals surface area contributed by atoms with Gasteiger partial charge in [0.2, 0.25) is 5.91 Å². The van der Waals surface area contributed by atoms with Gasteiger partial charge in [0, 0.05) is 23.6 Å². The molecule has 0 bridgehead atoms. The van der Waals surface area contributed by atoms with E-state index in [0.29, 0.717) is 16.8 Å². The molecule has 6 nitrogen and oxygen atoms in total. The molecular formula is C18H16N4O2. The van der Waals surface area contributed by atoms with Crippen molar-refractivity contribution >= 4 is 17.5 Å². The minimum absolute atomic E-state index is 0.0732. The lowest BCUT2D eigenvalue weighted by atomic mass is 10.1. The molecule has 0 saturated heterocycles. The number of rotatable bonds is 5. The highest BCUT2D eigenvalue weighted by Crippen LogP contribution is 2.17. The molecule has 0 saturated carbocycles. The van der Waals surface area contributed by atoms with Crippen molar-refractivity contribution in [3.05, 3.63) is 78.1 Å². The first kappa shape index (κ1) is 15.5. The topological polar surface area (TPSA) is 90.0 Å². The monoisotopic (exact) mass is 320 g/mol. The van der Waals surface area contributed by atoms with E-state index in [-0.39, 0.29) is 12.3 Å². The standard InChI is InChI=1S/C18H16N4O2/c19-17(23)12-13-5-1-2-8-16(13)21-18(24)14-6-3-7-15(11-14)22-10-4-9-20-22/h1-11H,12H2,(H2,19,23)(H,21,24). The van der Waals surface area contributed by atoms with Gasteiger partial charge in [-0.1, -0.05) is 24.3 Å². The number of amides is 2. The van der Waals surface area contributed by atoms with Gasteiger partial charge in [0.25, 0.3) is 5.91 Å². The van der Waals surface area contributed by atoms with Crippen molar-refractivity contribution in [3.8, 4) is 5.69 Å². The summed E-state index contributed by atoms with van der Waals surface area (Å²) in [4.78, 5) is 23.7. The predicted octanol–water partition coefficient (Wildman–Crippen LogP) is 2.15. The molecule has 0 radical (unpaired) electrons. The minimum Gasteiger partial charge on any atom is -0.369 e. The zero-order chi connectivity index (χ0) is 16.9. The van der Waals surface area contributed by atoms with Crippen LogP contribution in [0, 0.1) is 0 Å². The summed E-state index contributed by atoms with van der Waals surface area (Å²) in [5.74, 6) is -0.710. The largest absolute Gasteiger partial charge is 0.369 e. The number of nitrogens with two attached hydrogens (primary N) is 1. The summed E-state index contributed by atoms with van der Waals surface area (Å²) in [5, 5.41) is 6.98. The van der Waals surface area contributed by atoms with Crippen molar-refractivity contribution in [2.24, 2.45) is 5.73 Å². The summed E-state index contributed by atoms with van der Waals surface area (Å²) in [5.41, 5.74) is 7.79. The number of primary amides is 1. The van der Waals surface area contributed by atoms with E-state index in [4.69, 9.17) is 5.73 Å². The Morgan fingerprint density at radius 3 is 2.67 bits per heavy atom. The third-order valence-electron chi connectivity index (χ3n) is 3.51. The van der Waals surface area contributed by atoms with E-state index in [2.05, 4.69) is 10.4 Å². The Kier molecular flexibility index (Phi) is 4.38. The van der Waals surface area contributed by atoms with E-state index in [1.54, 1.807) is 59.5 Å². The molecule has 0 atom stereocenters. The molecule has 1 aromatic heterocycles. The number of carbonyl (C=O) groups excluding carboxylic acids is 2. The van der Waals surface area contributed by atoms with E-state index in [1.807, 2.05) is 12.1 Å². The molecule has 0 fully saturated rings. The number of nitrogens with one attached hydrogen (secondary N) is 1. The van der Waals surface area contributed by atoms with Crippen LogP contribution in [0.2, 0.25) is 0 Å². The highest BCUT2D eigenvalue weighted by Gasteiger charge is 2.11. The Morgan fingerprint density at radius 2 is 1.92 bits per heavy atom. The van der Waals surface area contributed by atoms with Crippen molar-refractivity contribution < 1.29 is 9.59 Å². The molecule has 120 valence electrons. The third kappa shape index (κ3) is 3.49. The number of hydrogen-bond acceptors (Lipinski definition) is 3. The molecule has 0 aliphatic carbocycles. The number of hydrogen-bond donors (Lipinski definition) is 2. The van der Waals surface area contributed by atoms with Crippen molar-refractivity contribution in [1.82, 2.24) is 9.78 Å². The fraction of sp³-hybridized carbons (Fsp3) is 0.0556. The van der Waals surface area contributed by atoms with E-state index < -0.39 is 5.91 Å². The SMILES string of the molecule is NC(=O)Cc1ccccc1NC(=O)c1cccc(-n2cccn2)c1. The second kappa shape index (κ2) is 6.78. The Balaban J connectivity index is 1.83. The van der Waals surface area contributed by atoms with Crippen molar-refractivity contribution in [2.75, 3.05) is 5.32 Å². The van der Waals surface area contributed by atoms with Crippen LogP contribution in [0.1, 0.15) is 15.9 Å². The lowest BCUT2D eigenvalue weighted by Gasteiger charge is -2.11. The summed E-state index contributed by atoms with van der Waals surface area (Å²) in [7, 11) is 0. The number of nitrogens with zero attached hydrogens (tertiary/aromatic N) is 2. The molecule has 6 heteroatoms. The maximum Gasteiger partial charge on any atom is 0.255 e. The van der Waals surface area contributed by atoms with E-state index in [0.717, 1.165) is 5.69 Å². The second-order valence-corrected chi connectivity index (χ2v) is 5.26. The Morgan fingerprint density at radius 1 is 1.08 bits per heavy atom. The molecule has 0 unspecified atom stereocenters. The summed E-state index contributed by atoms with van der Waals surface area (Å²) < 4.78 is 1.68. The molecule has 0 spiro atoms. The van der Waals surface area contributed by atoms with Crippen LogP contribution in [-0.4, -0.2) is 21.6 Å². The highest BCUT2D eigenvalue weighted by molar-refractivity contribution is 6.05. The van der Waals surface area contributed by atoms with Crippen LogP contribution < -0.4 is 11.1 Å². The zero-order valence-electron chi connectivity index (χ0n) is 12.8. The van der Waals surface area contributed by atoms with Crippen LogP contribution in [0.3, 0.4) is 0 Å². The summed E-state index contributed by atoms with van der Waals surface area (Å²) in [6, 6.07) is 16.0. The number of benzene rings is 2. The van der Waals surface area contributed by atoms with Crippen molar-refractivity contribution in [1.29, 1.82) is 0 Å². The second-order valence-electron chi connectivity index (χ2n) is 5.26. The van der Waals surface area contributed by atoms with Gasteiger partial charge < -0.3 is 11.1 Å². The summed E-state index contributed by atoms with van der Waals surface area (Å²) in [6.45, 7) is 0. The van der Waals surface area contributed by atoms with Gasteiger partial charge >= 0.3 is 0 Å². The molecule has 1 heterocycles. The fourth-order valence-corrected chi connectivity index (χ4v) is 2.39. The third-order valence-corrected chi connectivity index (χ3v) is 3.51. The molecular weight excluding hydrogens is 304 g/mol. The minimum atomic E-state index is -0.447. The first-order valence-corrected chi connectivity index (χ1v) is 7.41. The smallest absolute Gasteiger partial charge is 0.255 e. The first-order valence-electron chi connectivity index (χ1n) is 7.41. The first-order chi connectivity index (χ1) is 11.6. The van der Waals surface area contributed by atoms with Crippen LogP contribution in [0.4, 0.5) is 5.69 Å². The van der Waals surface area contributed by atoms with E-state index >= 15 is 0 Å². The highest BCUT2D eigenvalue weighted by atomic mass is 16.2. The van der Waals surface area contributed by atoms with Crippen LogP contribution in [-0.2, 0) is 11.2 Å². The molecule has 0 aliphatic rings. The van der Waals surface area contributed by atoms with Crippen LogP contribution in [0.15, 0.2) is 67.0 Å². The quantitative estimate of drug-likeness (QED) is 0.755. The molecule has 3 aromatic rings. The molecule has 2 aromatic carbocycles. The summed E-state index contributed by atoms with van der Waals surface area (Å²) >= 11 is 0. The molecule has 0 aliphatic heterocycles. The number of anilines is 1. The number of para-hydroxylation sites is 1. The Labute approximate surface area is 138 Å². The Bertz CT molecular complexity index is 872. The van der Waals surface area contributed by atoms with E-state index in [1.165, 1.54) is 0 Å².